The zero-order chi connectivity index (χ0) is 21.9. The summed E-state index contributed by atoms with van der Waals surface area (Å²) < 4.78 is 55.4. The van der Waals surface area contributed by atoms with Gasteiger partial charge in [0.15, 0.2) is 5.69 Å². The molecule has 0 aliphatic carbocycles. The highest BCUT2D eigenvalue weighted by Gasteiger charge is 2.32. The number of rotatable bonds is 5. The van der Waals surface area contributed by atoms with Gasteiger partial charge < -0.3 is 26.7 Å². The molecule has 7 nitrogen and oxygen atoms in total. The number of carbonyl (C=O) groups excluding carboxylic acids is 1. The van der Waals surface area contributed by atoms with Crippen LogP contribution in [0.3, 0.4) is 0 Å². The topological polar surface area (TPSA) is 107 Å². The van der Waals surface area contributed by atoms with E-state index in [2.05, 4.69) is 15.6 Å². The molecule has 1 saturated heterocycles. The van der Waals surface area contributed by atoms with E-state index in [0.717, 1.165) is 29.7 Å². The molecule has 1 fully saturated rings. The van der Waals surface area contributed by atoms with Gasteiger partial charge >= 0.3 is 0 Å². The molecule has 1 aromatic heterocycles. The summed E-state index contributed by atoms with van der Waals surface area (Å²) >= 11 is 0.728. The second kappa shape index (κ2) is 8.79. The fourth-order valence-electron chi connectivity index (χ4n) is 2.83. The summed E-state index contributed by atoms with van der Waals surface area (Å²) in [5.74, 6) is -5.51. The summed E-state index contributed by atoms with van der Waals surface area (Å²) in [5.41, 5.74) is 5.04. The number of nitrogens with one attached hydrogen (secondary N) is 3. The molecular formula is C18H18F4N6OS. The molecule has 0 atom stereocenters. The molecule has 0 spiro atoms. The van der Waals surface area contributed by atoms with E-state index in [1.165, 1.54) is 17.2 Å². The van der Waals surface area contributed by atoms with Crippen LogP contribution < -0.4 is 16.4 Å². The number of nitrogens with two attached hydrogens (primary N) is 1. The predicted molar refractivity (Wildman–Crippen MR) is 106 cm³/mol. The van der Waals surface area contributed by atoms with E-state index < -0.39 is 42.1 Å². The Morgan fingerprint density at radius 2 is 2.07 bits per heavy atom. The lowest BCUT2D eigenvalue weighted by atomic mass is 10.2. The number of hydrogen-bond acceptors (Lipinski definition) is 7. The average molecular weight is 442 g/mol. The maximum Gasteiger partial charge on any atom is 0.277 e. The van der Waals surface area contributed by atoms with Crippen molar-refractivity contribution in [2.75, 3.05) is 31.9 Å². The van der Waals surface area contributed by atoms with Crippen molar-refractivity contribution in [1.82, 2.24) is 20.5 Å². The van der Waals surface area contributed by atoms with Crippen molar-refractivity contribution in [2.45, 2.75) is 5.92 Å². The van der Waals surface area contributed by atoms with Crippen LogP contribution in [0.5, 0.6) is 0 Å². The number of amides is 1. The molecule has 0 bridgehead atoms. The smallest absolute Gasteiger partial charge is 0.277 e. The van der Waals surface area contributed by atoms with E-state index in [4.69, 9.17) is 11.1 Å². The minimum atomic E-state index is -2.97. The maximum absolute atomic E-state index is 14.0. The molecule has 0 unspecified atom stereocenters. The molecule has 1 aliphatic heterocycles. The number of nitrogens with zero attached hydrogens (tertiary/aromatic N) is 2. The van der Waals surface area contributed by atoms with Gasteiger partial charge in [-0.15, -0.1) is 0 Å². The van der Waals surface area contributed by atoms with Crippen LogP contribution in [0.2, 0.25) is 0 Å². The molecule has 30 heavy (non-hydrogen) atoms. The number of allylic oxidation sites excluding steroid dienone is 1. The second-order valence-corrected chi connectivity index (χ2v) is 7.55. The largest absolute Gasteiger partial charge is 0.389 e. The van der Waals surface area contributed by atoms with Gasteiger partial charge in [-0.05, 0) is 12.1 Å². The van der Waals surface area contributed by atoms with Crippen LogP contribution in [0.15, 0.2) is 30.1 Å². The van der Waals surface area contributed by atoms with Crippen LogP contribution in [0.4, 0.5) is 22.6 Å². The number of benzene rings is 1. The van der Waals surface area contributed by atoms with E-state index >= 15 is 0 Å². The predicted octanol–water partition coefficient (Wildman–Crippen LogP) is 2.43. The number of aromatic nitrogens is 1. The van der Waals surface area contributed by atoms with Crippen molar-refractivity contribution in [3.63, 3.8) is 0 Å². The Labute approximate surface area is 173 Å². The molecule has 0 saturated carbocycles. The fraction of sp³-hybridized carbons (Fsp3) is 0.278. The van der Waals surface area contributed by atoms with Gasteiger partial charge in [0.2, 0.25) is 0 Å². The van der Waals surface area contributed by atoms with Crippen molar-refractivity contribution in [3.8, 4) is 10.6 Å². The minimum Gasteiger partial charge on any atom is -0.389 e. The minimum absolute atomic E-state index is 0.0660. The monoisotopic (exact) mass is 442 g/mol. The Bertz CT molecular complexity index is 973. The highest BCUT2D eigenvalue weighted by atomic mass is 32.1. The number of thiazole rings is 1. The fourth-order valence-corrected chi connectivity index (χ4v) is 3.71. The van der Waals surface area contributed by atoms with Crippen molar-refractivity contribution >= 4 is 28.5 Å². The number of carbonyl (C=O) groups is 1. The van der Waals surface area contributed by atoms with Gasteiger partial charge in [0.1, 0.15) is 21.6 Å². The van der Waals surface area contributed by atoms with Crippen molar-refractivity contribution in [3.05, 3.63) is 47.4 Å². The average Bonchev–Trinajstić information content (AvgIpc) is 2.96. The lowest BCUT2D eigenvalue weighted by Gasteiger charge is -2.22. The third kappa shape index (κ3) is 4.94. The molecule has 1 aromatic carbocycles. The Hall–Kier alpha value is -2.99. The number of hydrogen-bond donors (Lipinski definition) is 4. The standard InChI is InChI=1S/C18H18F4N6OS/c19-11-2-1-3-12(20)13(11)17-27-14(15(24)30-17)16(29)26-10(6-23)7-28-5-4-25-8-18(21,22)9-28/h1-3,6-7,23,25H,4-5,8-9,24H2,(H,26,29)/b10-7-,23-6?. The van der Waals surface area contributed by atoms with Gasteiger partial charge in [-0.3, -0.25) is 4.79 Å². The van der Waals surface area contributed by atoms with Crippen LogP contribution in [-0.2, 0) is 0 Å². The van der Waals surface area contributed by atoms with Gasteiger partial charge in [0.25, 0.3) is 11.8 Å². The van der Waals surface area contributed by atoms with Gasteiger partial charge in [0.05, 0.1) is 24.4 Å². The number of halogens is 4. The molecule has 160 valence electrons. The summed E-state index contributed by atoms with van der Waals surface area (Å²) in [6.45, 7) is -0.489. The molecular weight excluding hydrogens is 424 g/mol. The lowest BCUT2D eigenvalue weighted by molar-refractivity contribution is -0.00948. The number of anilines is 1. The van der Waals surface area contributed by atoms with E-state index in [1.807, 2.05) is 0 Å². The summed E-state index contributed by atoms with van der Waals surface area (Å²) in [4.78, 5) is 17.7. The first-order valence-electron chi connectivity index (χ1n) is 8.77. The third-order valence-corrected chi connectivity index (χ3v) is 5.08. The molecule has 2 aromatic rings. The molecule has 0 radical (unpaired) electrons. The maximum atomic E-state index is 14.0. The Morgan fingerprint density at radius 1 is 1.37 bits per heavy atom. The highest BCUT2D eigenvalue weighted by Crippen LogP contribution is 2.33. The first-order chi connectivity index (χ1) is 14.2. The van der Waals surface area contributed by atoms with Crippen LogP contribution in [-0.4, -0.2) is 54.1 Å². The zero-order valence-electron chi connectivity index (χ0n) is 15.5. The quantitative estimate of drug-likeness (QED) is 0.420. The molecule has 1 amide bonds. The van der Waals surface area contributed by atoms with Gasteiger partial charge in [-0.25, -0.2) is 22.5 Å². The Morgan fingerprint density at radius 3 is 2.73 bits per heavy atom. The third-order valence-electron chi connectivity index (χ3n) is 4.17. The van der Waals surface area contributed by atoms with Gasteiger partial charge in [-0.2, -0.15) is 0 Å². The zero-order valence-corrected chi connectivity index (χ0v) is 16.3. The van der Waals surface area contributed by atoms with Gasteiger partial charge in [-0.1, -0.05) is 17.4 Å². The molecule has 1 aliphatic rings. The van der Waals surface area contributed by atoms with Gasteiger partial charge in [0, 0.05) is 25.5 Å². The van der Waals surface area contributed by atoms with E-state index in [1.54, 1.807) is 0 Å². The lowest BCUT2D eigenvalue weighted by Crippen LogP contribution is -2.37. The van der Waals surface area contributed by atoms with Crippen LogP contribution >= 0.6 is 11.3 Å². The van der Waals surface area contributed by atoms with Crippen molar-refractivity contribution in [1.29, 1.82) is 5.41 Å². The van der Waals surface area contributed by atoms with E-state index in [-0.39, 0.29) is 27.9 Å². The Kier molecular flexibility index (Phi) is 6.37. The van der Waals surface area contributed by atoms with Crippen LogP contribution in [0, 0.1) is 17.0 Å². The molecule has 5 N–H and O–H groups in total. The molecule has 2 heterocycles. The number of nitrogen functional groups attached to an aromatic ring is 1. The van der Waals surface area contributed by atoms with Crippen molar-refractivity contribution in [2.24, 2.45) is 0 Å². The number of alkyl halides is 2. The summed E-state index contributed by atoms with van der Waals surface area (Å²) in [6.07, 6.45) is 2.01. The summed E-state index contributed by atoms with van der Waals surface area (Å²) in [5, 5.41) is 12.2. The highest BCUT2D eigenvalue weighted by molar-refractivity contribution is 7.19. The Balaban J connectivity index is 1.81. The molecule has 12 heteroatoms. The summed E-state index contributed by atoms with van der Waals surface area (Å²) in [6, 6.07) is 3.30. The SMILES string of the molecule is N=C/C(=C/N1CCNCC(F)(F)C1)NC(=O)c1nc(-c2c(F)cccc2F)sc1N. The molecule has 3 rings (SSSR count). The normalized spacial score (nSPS) is 16.8. The summed E-state index contributed by atoms with van der Waals surface area (Å²) in [7, 11) is 0. The first kappa shape index (κ1) is 21.7. The second-order valence-electron chi connectivity index (χ2n) is 6.51. The van der Waals surface area contributed by atoms with Crippen LogP contribution in [0.1, 0.15) is 10.5 Å². The van der Waals surface area contributed by atoms with Crippen molar-refractivity contribution < 1.29 is 22.4 Å². The van der Waals surface area contributed by atoms with Crippen LogP contribution in [0.25, 0.3) is 10.6 Å². The van der Waals surface area contributed by atoms with E-state index in [0.29, 0.717) is 6.54 Å². The van der Waals surface area contributed by atoms with E-state index in [9.17, 15) is 22.4 Å². The first-order valence-corrected chi connectivity index (χ1v) is 9.59.